The summed E-state index contributed by atoms with van der Waals surface area (Å²) in [5.74, 6) is 3.37. The zero-order valence-corrected chi connectivity index (χ0v) is 29.7. The molecular formula is C43H31BIrN2O2-2. The van der Waals surface area contributed by atoms with Gasteiger partial charge in [-0.3, -0.25) is 0 Å². The van der Waals surface area contributed by atoms with Gasteiger partial charge in [-0.05, 0) is 83.6 Å². The number of fused-ring (bicyclic) bond motifs is 4. The molecule has 0 saturated carbocycles. The van der Waals surface area contributed by atoms with Crippen molar-refractivity contribution in [2.24, 2.45) is 0 Å². The van der Waals surface area contributed by atoms with Gasteiger partial charge in [0.1, 0.15) is 17.2 Å². The second kappa shape index (κ2) is 13.7. The van der Waals surface area contributed by atoms with E-state index >= 15 is 0 Å². The van der Waals surface area contributed by atoms with Crippen molar-refractivity contribution in [3.63, 3.8) is 0 Å². The molecule has 0 unspecified atom stereocenters. The summed E-state index contributed by atoms with van der Waals surface area (Å²) < 4.78 is 12.8. The first-order valence-electron chi connectivity index (χ1n) is 16.1. The summed E-state index contributed by atoms with van der Waals surface area (Å²) in [7, 11) is 0. The number of pyridine rings is 2. The van der Waals surface area contributed by atoms with Gasteiger partial charge in [-0.1, -0.05) is 72.3 Å². The number of aryl methyl sites for hydroxylation is 3. The predicted octanol–water partition coefficient (Wildman–Crippen LogP) is 8.41. The second-order valence-electron chi connectivity index (χ2n) is 12.2. The van der Waals surface area contributed by atoms with E-state index in [4.69, 9.17) is 14.5 Å². The largest absolute Gasteiger partial charge is 0.503 e. The fourth-order valence-electron chi connectivity index (χ4n) is 6.67. The van der Waals surface area contributed by atoms with Gasteiger partial charge in [-0.25, -0.2) is 0 Å². The molecule has 0 spiro atoms. The Morgan fingerprint density at radius 3 is 2.02 bits per heavy atom. The molecule has 9 rings (SSSR count). The summed E-state index contributed by atoms with van der Waals surface area (Å²) in [6.45, 7) is 6.36. The van der Waals surface area contributed by atoms with Crippen molar-refractivity contribution in [2.45, 2.75) is 20.8 Å². The van der Waals surface area contributed by atoms with E-state index < -0.39 is 0 Å². The first-order valence-corrected chi connectivity index (χ1v) is 16.1. The van der Waals surface area contributed by atoms with Crippen molar-refractivity contribution in [1.29, 1.82) is 0 Å². The Balaban J connectivity index is 0.000000228. The van der Waals surface area contributed by atoms with E-state index in [1.54, 1.807) is 0 Å². The van der Waals surface area contributed by atoms with Crippen molar-refractivity contribution < 1.29 is 29.6 Å². The molecule has 0 fully saturated rings. The van der Waals surface area contributed by atoms with E-state index in [0.717, 1.165) is 67.5 Å². The molecule has 4 nitrogen and oxygen atoms in total. The van der Waals surface area contributed by atoms with Crippen LogP contribution >= 0.6 is 0 Å². The minimum absolute atomic E-state index is 0. The van der Waals surface area contributed by atoms with Crippen molar-refractivity contribution in [1.82, 2.24) is 9.97 Å². The Hall–Kier alpha value is -5.29. The number of aromatic nitrogens is 2. The molecule has 0 amide bonds. The first-order chi connectivity index (χ1) is 23.5. The Kier molecular flexibility index (Phi) is 9.01. The summed E-state index contributed by atoms with van der Waals surface area (Å²) in [6, 6.07) is 47.4. The molecule has 1 radical (unpaired) electrons. The molecule has 0 atom stereocenters. The predicted molar refractivity (Wildman–Crippen MR) is 194 cm³/mol. The summed E-state index contributed by atoms with van der Waals surface area (Å²) >= 11 is 0. The molecule has 4 heterocycles. The fraction of sp³-hybridized carbons (Fsp3) is 0.0698. The van der Waals surface area contributed by atoms with E-state index in [-0.39, 0.29) is 26.8 Å². The van der Waals surface area contributed by atoms with E-state index in [2.05, 4.69) is 85.6 Å². The van der Waals surface area contributed by atoms with Crippen molar-refractivity contribution in [3.05, 3.63) is 163 Å². The smallest absolute Gasteiger partial charge is 0.241 e. The van der Waals surface area contributed by atoms with Gasteiger partial charge in [0.05, 0.1) is 0 Å². The minimum atomic E-state index is 0. The number of ether oxygens (including phenoxy) is 2. The maximum Gasteiger partial charge on any atom is 0.241 e. The Morgan fingerprint density at radius 1 is 0.571 bits per heavy atom. The Bertz CT molecular complexity index is 2250. The van der Waals surface area contributed by atoms with Crippen LogP contribution in [0.3, 0.4) is 0 Å². The average Bonchev–Trinajstić information content (AvgIpc) is 3.12. The molecule has 0 saturated heterocycles. The van der Waals surface area contributed by atoms with Crippen LogP contribution in [0.1, 0.15) is 16.7 Å². The van der Waals surface area contributed by atoms with Crippen molar-refractivity contribution in [2.75, 3.05) is 0 Å². The van der Waals surface area contributed by atoms with Gasteiger partial charge in [0.15, 0.2) is 0 Å². The summed E-state index contributed by atoms with van der Waals surface area (Å²) in [4.78, 5) is 9.18. The molecule has 49 heavy (non-hydrogen) atoms. The summed E-state index contributed by atoms with van der Waals surface area (Å²) in [6.07, 6.45) is 3.83. The number of nitrogens with zero attached hydrogens (tertiary/aromatic N) is 2. The molecule has 2 aromatic heterocycles. The molecule has 0 bridgehead atoms. The van der Waals surface area contributed by atoms with Crippen LogP contribution in [0, 0.1) is 32.9 Å². The van der Waals surface area contributed by atoms with Crippen molar-refractivity contribution in [3.8, 4) is 56.6 Å². The number of hydrogen-bond acceptors (Lipinski definition) is 4. The van der Waals surface area contributed by atoms with Gasteiger partial charge in [-0.2, -0.15) is 0 Å². The van der Waals surface area contributed by atoms with Gasteiger partial charge in [0, 0.05) is 43.7 Å². The fourth-order valence-corrected chi connectivity index (χ4v) is 6.67. The Morgan fingerprint density at radius 2 is 1.29 bits per heavy atom. The normalized spacial score (nSPS) is 11.7. The van der Waals surface area contributed by atoms with Crippen LogP contribution in [0.4, 0.5) is 0 Å². The van der Waals surface area contributed by atoms with Crippen LogP contribution in [0.5, 0.6) is 23.0 Å². The van der Waals surface area contributed by atoms with E-state index in [9.17, 15) is 0 Å². The zero-order chi connectivity index (χ0) is 32.6. The standard InChI is InChI=1S/C31H21BNO2.C12H10N.Ir/c1-19-8-5-9-20(2)29(19)21-16-17-25(33-18-21)22-10-6-12-24-31(22)35-28-15-7-14-27-30(28)32(24)23-11-3-4-13-26(23)34-27;1-10-7-8-12(13-9-10)11-5-3-2-4-6-11;/h3-9,11-18H,1-2H3;2-5,7-9H,1H3;/q2*-1;. The molecule has 2 aliphatic heterocycles. The van der Waals surface area contributed by atoms with Crippen LogP contribution in [-0.2, 0) is 20.1 Å². The van der Waals surface area contributed by atoms with Crippen LogP contribution in [0.2, 0.25) is 0 Å². The van der Waals surface area contributed by atoms with Crippen LogP contribution < -0.4 is 25.9 Å². The van der Waals surface area contributed by atoms with E-state index in [1.807, 2.05) is 86.0 Å². The van der Waals surface area contributed by atoms with Crippen LogP contribution in [0.25, 0.3) is 33.6 Å². The molecule has 0 aliphatic carbocycles. The summed E-state index contributed by atoms with van der Waals surface area (Å²) in [5, 5.41) is 0. The quantitative estimate of drug-likeness (QED) is 0.133. The van der Waals surface area contributed by atoms with Crippen LogP contribution in [0.15, 0.2) is 134 Å². The summed E-state index contributed by atoms with van der Waals surface area (Å²) in [5.41, 5.74) is 13.1. The van der Waals surface area contributed by atoms with Gasteiger partial charge >= 0.3 is 0 Å². The van der Waals surface area contributed by atoms with Crippen LogP contribution in [-0.4, -0.2) is 16.7 Å². The Labute approximate surface area is 301 Å². The third kappa shape index (κ3) is 6.10. The van der Waals surface area contributed by atoms with Gasteiger partial charge in [0.2, 0.25) is 6.71 Å². The van der Waals surface area contributed by atoms with Gasteiger partial charge < -0.3 is 19.4 Å². The van der Waals surface area contributed by atoms with Crippen molar-refractivity contribution >= 4 is 23.1 Å². The SMILES string of the molecule is Cc1ccc(-c2[c-]cccc2)nc1.Cc1cccc(C)c1-c1ccc(-c2[c-]ccc3c2Oc2cccc4c2B3c2ccccc2O4)nc1.[Ir]. The third-order valence-corrected chi connectivity index (χ3v) is 8.95. The molecule has 0 N–H and O–H groups in total. The second-order valence-corrected chi connectivity index (χ2v) is 12.2. The zero-order valence-electron chi connectivity index (χ0n) is 27.3. The minimum Gasteiger partial charge on any atom is -0.503 e. The topological polar surface area (TPSA) is 44.2 Å². The number of para-hydroxylation sites is 1. The molecule has 2 aliphatic rings. The third-order valence-electron chi connectivity index (χ3n) is 8.95. The number of rotatable bonds is 3. The molecule has 5 aromatic carbocycles. The average molecular weight is 811 g/mol. The maximum atomic E-state index is 6.53. The van der Waals surface area contributed by atoms with E-state index in [1.165, 1.54) is 22.3 Å². The maximum absolute atomic E-state index is 6.53. The van der Waals surface area contributed by atoms with Gasteiger partial charge in [0.25, 0.3) is 0 Å². The molecule has 6 heteroatoms. The number of hydrogen-bond donors (Lipinski definition) is 0. The van der Waals surface area contributed by atoms with Gasteiger partial charge in [-0.15, -0.1) is 59.6 Å². The first kappa shape index (κ1) is 32.3. The number of benzene rings is 5. The monoisotopic (exact) mass is 811 g/mol. The molecule has 7 aromatic rings. The molecular weight excluding hydrogens is 780 g/mol. The van der Waals surface area contributed by atoms with E-state index in [0.29, 0.717) is 0 Å². The molecule has 239 valence electrons.